The molecule has 0 radical (unpaired) electrons. The summed E-state index contributed by atoms with van der Waals surface area (Å²) in [5, 5.41) is 0. The lowest BCUT2D eigenvalue weighted by atomic mass is 10.1. The number of hydrogen-bond donors (Lipinski definition) is 1. The van der Waals surface area contributed by atoms with Crippen LogP contribution in [0.15, 0.2) is 51.4 Å². The van der Waals surface area contributed by atoms with Gasteiger partial charge < -0.3 is 10.5 Å². The topological polar surface area (TPSA) is 35.2 Å². The van der Waals surface area contributed by atoms with Gasteiger partial charge in [0.05, 0.1) is 4.47 Å². The van der Waals surface area contributed by atoms with E-state index >= 15 is 0 Å². The van der Waals surface area contributed by atoms with E-state index in [1.165, 1.54) is 0 Å². The summed E-state index contributed by atoms with van der Waals surface area (Å²) in [6, 6.07) is 13.5. The van der Waals surface area contributed by atoms with Crippen LogP contribution in [0.25, 0.3) is 0 Å². The van der Waals surface area contributed by atoms with Crippen LogP contribution in [0.1, 0.15) is 11.1 Å². The molecule has 2 aromatic carbocycles. The van der Waals surface area contributed by atoms with Crippen LogP contribution in [0, 0.1) is 0 Å². The van der Waals surface area contributed by atoms with Gasteiger partial charge in [-0.25, -0.2) is 0 Å². The Labute approximate surface area is 134 Å². The highest BCUT2D eigenvalue weighted by Crippen LogP contribution is 2.28. The molecule has 0 atom stereocenters. The van der Waals surface area contributed by atoms with Crippen molar-refractivity contribution in [2.24, 2.45) is 5.73 Å². The molecule has 0 aliphatic carbocycles. The minimum absolute atomic E-state index is 0.406. The van der Waals surface area contributed by atoms with Gasteiger partial charge in [-0.1, -0.05) is 52.4 Å². The molecule has 0 fully saturated rings. The predicted molar refractivity (Wildman–Crippen MR) is 88.5 cm³/mol. The number of rotatable bonds is 4. The molecule has 2 aromatic rings. The number of benzene rings is 2. The third kappa shape index (κ3) is 4.03. The summed E-state index contributed by atoms with van der Waals surface area (Å²) in [7, 11) is 0. The van der Waals surface area contributed by atoms with Crippen LogP contribution in [0.3, 0.4) is 0 Å². The predicted octanol–water partition coefficient (Wildman–Crippen LogP) is 4.42. The maximum atomic E-state index is 5.75. The van der Waals surface area contributed by atoms with Crippen molar-refractivity contribution in [3.8, 4) is 5.75 Å². The van der Waals surface area contributed by atoms with Gasteiger partial charge in [0.2, 0.25) is 0 Å². The third-order valence-corrected chi connectivity index (χ3v) is 3.88. The van der Waals surface area contributed by atoms with Crippen molar-refractivity contribution >= 4 is 49.1 Å². The lowest BCUT2D eigenvalue weighted by Gasteiger charge is -2.09. The highest BCUT2D eigenvalue weighted by molar-refractivity contribution is 9.11. The minimum Gasteiger partial charge on any atom is -0.488 e. The zero-order valence-corrected chi connectivity index (χ0v) is 13.9. The van der Waals surface area contributed by atoms with Crippen molar-refractivity contribution in [3.63, 3.8) is 0 Å². The average molecular weight is 401 g/mol. The van der Waals surface area contributed by atoms with Crippen molar-refractivity contribution in [2.45, 2.75) is 6.61 Å². The zero-order valence-electron chi connectivity index (χ0n) is 9.90. The molecule has 0 aromatic heterocycles. The molecule has 0 bridgehead atoms. The van der Waals surface area contributed by atoms with Crippen molar-refractivity contribution < 1.29 is 4.74 Å². The molecule has 2 N–H and O–H groups in total. The fourth-order valence-electron chi connectivity index (χ4n) is 1.52. The SMILES string of the molecule is NC(=S)c1ccc(COc2ccc(Br)cc2Br)cc1. The van der Waals surface area contributed by atoms with Gasteiger partial charge in [-0.05, 0) is 39.7 Å². The molecule has 98 valence electrons. The Kier molecular flexibility index (Phi) is 4.96. The van der Waals surface area contributed by atoms with E-state index in [2.05, 4.69) is 31.9 Å². The summed E-state index contributed by atoms with van der Waals surface area (Å²) >= 11 is 11.8. The summed E-state index contributed by atoms with van der Waals surface area (Å²) in [4.78, 5) is 0.406. The largest absolute Gasteiger partial charge is 0.488 e. The normalized spacial score (nSPS) is 10.2. The quantitative estimate of drug-likeness (QED) is 0.771. The Morgan fingerprint density at radius 3 is 2.37 bits per heavy atom. The van der Waals surface area contributed by atoms with Crippen molar-refractivity contribution in [3.05, 3.63) is 62.5 Å². The molecule has 0 heterocycles. The van der Waals surface area contributed by atoms with E-state index in [0.717, 1.165) is 25.8 Å². The van der Waals surface area contributed by atoms with Gasteiger partial charge >= 0.3 is 0 Å². The van der Waals surface area contributed by atoms with Gasteiger partial charge in [0.15, 0.2) is 0 Å². The Balaban J connectivity index is 2.04. The molecule has 0 saturated carbocycles. The lowest BCUT2D eigenvalue weighted by molar-refractivity contribution is 0.304. The number of thiocarbonyl (C=S) groups is 1. The minimum atomic E-state index is 0.406. The smallest absolute Gasteiger partial charge is 0.134 e. The van der Waals surface area contributed by atoms with Crippen LogP contribution in [0.4, 0.5) is 0 Å². The first-order valence-corrected chi connectivity index (χ1v) is 7.52. The van der Waals surface area contributed by atoms with E-state index in [4.69, 9.17) is 22.7 Å². The second kappa shape index (κ2) is 6.50. The van der Waals surface area contributed by atoms with E-state index in [1.54, 1.807) is 0 Å². The maximum absolute atomic E-state index is 5.75. The Morgan fingerprint density at radius 1 is 1.11 bits per heavy atom. The van der Waals surface area contributed by atoms with Gasteiger partial charge in [0, 0.05) is 10.0 Å². The summed E-state index contributed by atoms with van der Waals surface area (Å²) in [6.07, 6.45) is 0. The van der Waals surface area contributed by atoms with Crippen LogP contribution in [0.2, 0.25) is 0 Å². The Bertz CT molecular complexity index is 599. The fourth-order valence-corrected chi connectivity index (χ4v) is 2.82. The first-order chi connectivity index (χ1) is 9.06. The molecule has 0 spiro atoms. The van der Waals surface area contributed by atoms with E-state index in [1.807, 2.05) is 42.5 Å². The van der Waals surface area contributed by atoms with E-state index in [9.17, 15) is 0 Å². The monoisotopic (exact) mass is 399 g/mol. The van der Waals surface area contributed by atoms with E-state index < -0.39 is 0 Å². The first-order valence-electron chi connectivity index (χ1n) is 5.53. The molecule has 0 unspecified atom stereocenters. The molecule has 0 aliphatic heterocycles. The van der Waals surface area contributed by atoms with Gasteiger partial charge in [-0.3, -0.25) is 0 Å². The van der Waals surface area contributed by atoms with E-state index in [-0.39, 0.29) is 0 Å². The van der Waals surface area contributed by atoms with Gasteiger partial charge in [-0.2, -0.15) is 0 Å². The lowest BCUT2D eigenvalue weighted by Crippen LogP contribution is -2.09. The van der Waals surface area contributed by atoms with Crippen molar-refractivity contribution in [2.75, 3.05) is 0 Å². The third-order valence-electron chi connectivity index (χ3n) is 2.53. The van der Waals surface area contributed by atoms with Crippen LogP contribution in [-0.2, 0) is 6.61 Å². The molecular weight excluding hydrogens is 390 g/mol. The second-order valence-corrected chi connectivity index (χ2v) is 6.13. The van der Waals surface area contributed by atoms with Crippen molar-refractivity contribution in [1.29, 1.82) is 0 Å². The number of halogens is 2. The van der Waals surface area contributed by atoms with Crippen LogP contribution in [-0.4, -0.2) is 4.99 Å². The number of ether oxygens (including phenoxy) is 1. The van der Waals surface area contributed by atoms with Crippen LogP contribution >= 0.6 is 44.1 Å². The Morgan fingerprint density at radius 2 is 1.79 bits per heavy atom. The molecular formula is C14H11Br2NOS. The molecule has 2 rings (SSSR count). The summed E-state index contributed by atoms with van der Waals surface area (Å²) < 4.78 is 7.67. The van der Waals surface area contributed by atoms with Crippen LogP contribution in [0.5, 0.6) is 5.75 Å². The molecule has 19 heavy (non-hydrogen) atoms. The fraction of sp³-hybridized carbons (Fsp3) is 0.0714. The van der Waals surface area contributed by atoms with Gasteiger partial charge in [-0.15, -0.1) is 0 Å². The second-order valence-electron chi connectivity index (χ2n) is 3.92. The molecule has 0 amide bonds. The number of nitrogens with two attached hydrogens (primary N) is 1. The molecule has 0 saturated heterocycles. The number of hydrogen-bond acceptors (Lipinski definition) is 2. The van der Waals surface area contributed by atoms with E-state index in [0.29, 0.717) is 11.6 Å². The standard InChI is InChI=1S/C14H11Br2NOS/c15-11-5-6-13(12(16)7-11)18-8-9-1-3-10(4-2-9)14(17)19/h1-7H,8H2,(H2,17,19). The van der Waals surface area contributed by atoms with Gasteiger partial charge in [0.25, 0.3) is 0 Å². The van der Waals surface area contributed by atoms with Crippen LogP contribution < -0.4 is 10.5 Å². The highest BCUT2D eigenvalue weighted by Gasteiger charge is 2.03. The zero-order chi connectivity index (χ0) is 13.8. The summed E-state index contributed by atoms with van der Waals surface area (Å²) in [5.41, 5.74) is 7.48. The van der Waals surface area contributed by atoms with Gasteiger partial charge in [0.1, 0.15) is 17.3 Å². The Hall–Kier alpha value is -0.910. The summed E-state index contributed by atoms with van der Waals surface area (Å²) in [5.74, 6) is 0.807. The average Bonchev–Trinajstić information content (AvgIpc) is 2.38. The molecule has 5 heteroatoms. The molecule has 0 aliphatic rings. The first kappa shape index (κ1) is 14.5. The highest BCUT2D eigenvalue weighted by atomic mass is 79.9. The maximum Gasteiger partial charge on any atom is 0.134 e. The molecule has 2 nitrogen and oxygen atoms in total. The van der Waals surface area contributed by atoms with Crippen molar-refractivity contribution in [1.82, 2.24) is 0 Å². The summed E-state index contributed by atoms with van der Waals surface area (Å²) in [6.45, 7) is 0.498.